The summed E-state index contributed by atoms with van der Waals surface area (Å²) in [6, 6.07) is 16.7. The predicted molar refractivity (Wildman–Crippen MR) is 154 cm³/mol. The van der Waals surface area contributed by atoms with Gasteiger partial charge in [0.2, 0.25) is 11.8 Å². The average Bonchev–Trinajstić information content (AvgIpc) is 2.92. The first kappa shape index (κ1) is 30.3. The van der Waals surface area contributed by atoms with Gasteiger partial charge in [-0.05, 0) is 74.9 Å². The van der Waals surface area contributed by atoms with Crippen LogP contribution in [-0.2, 0) is 26.2 Å². The van der Waals surface area contributed by atoms with Gasteiger partial charge in [0.1, 0.15) is 18.3 Å². The van der Waals surface area contributed by atoms with Crippen molar-refractivity contribution in [1.82, 2.24) is 10.2 Å². The van der Waals surface area contributed by atoms with E-state index in [4.69, 9.17) is 27.9 Å². The maximum Gasteiger partial charge on any atom is 0.264 e. The van der Waals surface area contributed by atoms with Crippen LogP contribution in [0.4, 0.5) is 5.69 Å². The lowest BCUT2D eigenvalue weighted by Crippen LogP contribution is -2.51. The first-order valence-electron chi connectivity index (χ1n) is 12.2. The van der Waals surface area contributed by atoms with Crippen LogP contribution in [0.2, 0.25) is 10.0 Å². The lowest BCUT2D eigenvalue weighted by molar-refractivity contribution is -0.139. The molecular weight excluding hydrogens is 561 g/mol. The van der Waals surface area contributed by atoms with Gasteiger partial charge < -0.3 is 15.0 Å². The quantitative estimate of drug-likeness (QED) is 0.336. The Bertz CT molecular complexity index is 1410. The molecule has 0 aliphatic heterocycles. The molecule has 0 radical (unpaired) electrons. The number of sulfonamides is 1. The zero-order valence-corrected chi connectivity index (χ0v) is 24.5. The number of amides is 2. The fourth-order valence-electron chi connectivity index (χ4n) is 3.85. The Morgan fingerprint density at radius 3 is 2.18 bits per heavy atom. The molecule has 3 aromatic rings. The van der Waals surface area contributed by atoms with E-state index in [0.29, 0.717) is 27.9 Å². The van der Waals surface area contributed by atoms with Crippen molar-refractivity contribution in [2.24, 2.45) is 0 Å². The number of halogens is 2. The highest BCUT2D eigenvalue weighted by molar-refractivity contribution is 7.92. The third-order valence-electron chi connectivity index (χ3n) is 6.10. The van der Waals surface area contributed by atoms with Gasteiger partial charge in [0.25, 0.3) is 10.0 Å². The van der Waals surface area contributed by atoms with Crippen molar-refractivity contribution >= 4 is 50.7 Å². The smallest absolute Gasteiger partial charge is 0.264 e. The molecule has 8 nitrogen and oxygen atoms in total. The zero-order chi connectivity index (χ0) is 28.7. The van der Waals surface area contributed by atoms with Crippen LogP contribution in [0.15, 0.2) is 71.6 Å². The van der Waals surface area contributed by atoms with Gasteiger partial charge >= 0.3 is 0 Å². The average molecular weight is 593 g/mol. The van der Waals surface area contributed by atoms with Crippen molar-refractivity contribution in [2.75, 3.05) is 24.5 Å². The van der Waals surface area contributed by atoms with E-state index in [2.05, 4.69) is 5.32 Å². The second-order valence-electron chi connectivity index (χ2n) is 8.86. The van der Waals surface area contributed by atoms with Gasteiger partial charge in [-0.15, -0.1) is 0 Å². The van der Waals surface area contributed by atoms with E-state index in [1.165, 1.54) is 24.1 Å². The number of nitrogens with one attached hydrogen (secondary N) is 1. The van der Waals surface area contributed by atoms with Crippen LogP contribution >= 0.6 is 23.2 Å². The summed E-state index contributed by atoms with van der Waals surface area (Å²) in [6.07, 6.45) is 0. The molecule has 3 aromatic carbocycles. The van der Waals surface area contributed by atoms with E-state index in [1.807, 2.05) is 6.92 Å². The fourth-order valence-corrected chi connectivity index (χ4v) is 5.59. The molecule has 1 N–H and O–H groups in total. The summed E-state index contributed by atoms with van der Waals surface area (Å²) in [5, 5.41) is 3.37. The topological polar surface area (TPSA) is 96.0 Å². The number of benzene rings is 3. The van der Waals surface area contributed by atoms with Gasteiger partial charge in [-0.3, -0.25) is 13.9 Å². The van der Waals surface area contributed by atoms with E-state index in [1.54, 1.807) is 68.4 Å². The Morgan fingerprint density at radius 1 is 0.974 bits per heavy atom. The maximum atomic E-state index is 13.8. The van der Waals surface area contributed by atoms with Gasteiger partial charge in [-0.25, -0.2) is 8.42 Å². The molecule has 11 heteroatoms. The summed E-state index contributed by atoms with van der Waals surface area (Å²) >= 11 is 12.2. The number of rotatable bonds is 11. The lowest BCUT2D eigenvalue weighted by atomic mass is 10.1. The van der Waals surface area contributed by atoms with Gasteiger partial charge in [0.05, 0.1) is 27.7 Å². The maximum absolute atomic E-state index is 13.8. The Labute approximate surface area is 239 Å². The number of carbonyl (C=O) groups excluding carboxylic acids is 2. The van der Waals surface area contributed by atoms with Crippen molar-refractivity contribution in [3.05, 3.63) is 87.9 Å². The number of aryl methyl sites for hydroxylation is 1. The van der Waals surface area contributed by atoms with Crippen molar-refractivity contribution in [3.63, 3.8) is 0 Å². The normalized spacial score (nSPS) is 11.9. The number of likely N-dealkylation sites (N-methyl/N-ethyl adjacent to an activating group) is 1. The van der Waals surface area contributed by atoms with Crippen molar-refractivity contribution in [3.8, 4) is 5.75 Å². The van der Waals surface area contributed by atoms with Crippen LogP contribution in [0.5, 0.6) is 5.75 Å². The molecule has 0 aliphatic rings. The Morgan fingerprint density at radius 2 is 1.62 bits per heavy atom. The molecule has 0 bridgehead atoms. The number of hydrogen-bond donors (Lipinski definition) is 1. The van der Waals surface area contributed by atoms with Gasteiger partial charge in [0, 0.05) is 13.1 Å². The SMILES string of the molecule is CCNC(=O)[C@@H](C)N(Cc1ccc(Cl)c(Cl)c1)C(=O)CN(c1ccc(OC)cc1)S(=O)(=O)c1ccc(C)cc1. The molecule has 0 saturated carbocycles. The molecule has 39 heavy (non-hydrogen) atoms. The first-order valence-corrected chi connectivity index (χ1v) is 14.4. The van der Waals surface area contributed by atoms with Crippen LogP contribution in [0.1, 0.15) is 25.0 Å². The zero-order valence-electron chi connectivity index (χ0n) is 22.1. The van der Waals surface area contributed by atoms with Gasteiger partial charge in [-0.2, -0.15) is 0 Å². The molecule has 3 rings (SSSR count). The standard InChI is InChI=1S/C28H31Cl2N3O5S/c1-5-31-28(35)20(3)32(17-21-8-15-25(29)26(30)16-21)27(34)18-33(22-9-11-23(38-4)12-10-22)39(36,37)24-13-6-19(2)7-14-24/h6-16,20H,5,17-18H2,1-4H3,(H,31,35)/t20-/m1/s1. The number of nitrogens with zero attached hydrogens (tertiary/aromatic N) is 2. The van der Waals surface area contributed by atoms with E-state index >= 15 is 0 Å². The summed E-state index contributed by atoms with van der Waals surface area (Å²) in [5.41, 5.74) is 1.79. The number of ether oxygens (including phenoxy) is 1. The predicted octanol–water partition coefficient (Wildman–Crippen LogP) is 5.06. The molecule has 2 amide bonds. The Balaban J connectivity index is 2.04. The van der Waals surface area contributed by atoms with Crippen LogP contribution in [-0.4, -0.2) is 51.4 Å². The van der Waals surface area contributed by atoms with E-state index in [9.17, 15) is 18.0 Å². The fraction of sp³-hybridized carbons (Fsp3) is 0.286. The number of methoxy groups -OCH3 is 1. The molecule has 0 fully saturated rings. The van der Waals surface area contributed by atoms with E-state index in [0.717, 1.165) is 9.87 Å². The second-order valence-corrected chi connectivity index (χ2v) is 11.5. The lowest BCUT2D eigenvalue weighted by Gasteiger charge is -2.32. The van der Waals surface area contributed by atoms with Crippen molar-refractivity contribution in [1.29, 1.82) is 0 Å². The minimum atomic E-state index is -4.15. The second kappa shape index (κ2) is 13.2. The summed E-state index contributed by atoms with van der Waals surface area (Å²) in [7, 11) is -2.65. The summed E-state index contributed by atoms with van der Waals surface area (Å²) in [4.78, 5) is 28.0. The molecule has 0 aliphatic carbocycles. The highest BCUT2D eigenvalue weighted by Gasteiger charge is 2.32. The molecule has 1 atom stereocenters. The first-order chi connectivity index (χ1) is 18.5. The minimum Gasteiger partial charge on any atom is -0.497 e. The summed E-state index contributed by atoms with van der Waals surface area (Å²) in [5.74, 6) is -0.418. The molecule has 208 valence electrons. The minimum absolute atomic E-state index is 0.00898. The van der Waals surface area contributed by atoms with Crippen LogP contribution < -0.4 is 14.4 Å². The van der Waals surface area contributed by atoms with Gasteiger partial charge in [-0.1, -0.05) is 47.0 Å². The highest BCUT2D eigenvalue weighted by Crippen LogP contribution is 2.27. The third kappa shape index (κ3) is 7.44. The van der Waals surface area contributed by atoms with Crippen LogP contribution in [0.25, 0.3) is 0 Å². The number of hydrogen-bond acceptors (Lipinski definition) is 5. The largest absolute Gasteiger partial charge is 0.497 e. The molecular formula is C28H31Cl2N3O5S. The molecule has 0 spiro atoms. The highest BCUT2D eigenvalue weighted by atomic mass is 35.5. The van der Waals surface area contributed by atoms with E-state index < -0.39 is 28.5 Å². The number of anilines is 1. The number of carbonyl (C=O) groups is 2. The molecule has 0 saturated heterocycles. The van der Waals surface area contributed by atoms with E-state index in [-0.39, 0.29) is 23.0 Å². The summed E-state index contributed by atoms with van der Waals surface area (Å²) < 4.78 is 33.9. The Kier molecular flexibility index (Phi) is 10.2. The molecule has 0 aromatic heterocycles. The molecule has 0 heterocycles. The monoisotopic (exact) mass is 591 g/mol. The Hall–Kier alpha value is -3.27. The molecule has 0 unspecified atom stereocenters. The van der Waals surface area contributed by atoms with Crippen LogP contribution in [0, 0.1) is 6.92 Å². The van der Waals surface area contributed by atoms with Crippen molar-refractivity contribution < 1.29 is 22.7 Å². The third-order valence-corrected chi connectivity index (χ3v) is 8.63. The van der Waals surface area contributed by atoms with Gasteiger partial charge in [0.15, 0.2) is 0 Å². The summed E-state index contributed by atoms with van der Waals surface area (Å²) in [6.45, 7) is 5.05. The van der Waals surface area contributed by atoms with Crippen LogP contribution in [0.3, 0.4) is 0 Å². The van der Waals surface area contributed by atoms with Crippen molar-refractivity contribution in [2.45, 2.75) is 38.3 Å².